The number of hydrogen-bond acceptors (Lipinski definition) is 4. The largest absolute Gasteiger partial charge is 0.359 e. The first-order chi connectivity index (χ1) is 13.1. The van der Waals surface area contributed by atoms with Crippen LogP contribution in [0.2, 0.25) is 0 Å². The maximum absolute atomic E-state index is 13.0. The Morgan fingerprint density at radius 1 is 1.37 bits per heavy atom. The summed E-state index contributed by atoms with van der Waals surface area (Å²) in [7, 11) is 0. The fourth-order valence-corrected chi connectivity index (χ4v) is 3.35. The minimum absolute atomic E-state index is 0.114. The van der Waals surface area contributed by atoms with E-state index < -0.39 is 5.95 Å². The van der Waals surface area contributed by atoms with Crippen molar-refractivity contribution < 1.29 is 9.18 Å². The molecule has 3 aromatic heterocycles. The Hall–Kier alpha value is -3.47. The first kappa shape index (κ1) is 17.0. The lowest BCUT2D eigenvalue weighted by molar-refractivity contribution is 0.0679. The molecule has 1 N–H and O–H groups in total. The van der Waals surface area contributed by atoms with E-state index in [1.807, 2.05) is 10.8 Å². The standard InChI is InChI=1S/C19H17FN6O/c20-18-4-3-14(9-23-18)19(27)25-5-1-2-15(10-25)26-11-17(24-12-26)16-6-13(7-21)8-22-16/h3-4,6,8-9,11-12,15,22H,1-2,5,10H2/t15-/m0/s1. The molecule has 0 unspecified atom stereocenters. The average Bonchev–Trinajstić information content (AvgIpc) is 3.37. The normalized spacial score (nSPS) is 16.9. The number of amides is 1. The predicted octanol–water partition coefficient (Wildman–Crippen LogP) is 2.76. The predicted molar refractivity (Wildman–Crippen MR) is 95.1 cm³/mol. The number of nitriles is 1. The fourth-order valence-electron chi connectivity index (χ4n) is 3.35. The lowest BCUT2D eigenvalue weighted by Crippen LogP contribution is -2.40. The van der Waals surface area contributed by atoms with Gasteiger partial charge >= 0.3 is 0 Å². The van der Waals surface area contributed by atoms with E-state index in [1.54, 1.807) is 23.5 Å². The van der Waals surface area contributed by atoms with Crippen molar-refractivity contribution in [1.82, 2.24) is 24.4 Å². The molecule has 0 bridgehead atoms. The number of hydrogen-bond donors (Lipinski definition) is 1. The Kier molecular flexibility index (Phi) is 4.42. The third-order valence-corrected chi connectivity index (χ3v) is 4.77. The number of carbonyl (C=O) groups excluding carboxylic acids is 1. The van der Waals surface area contributed by atoms with Gasteiger partial charge in [-0.2, -0.15) is 9.65 Å². The topological polar surface area (TPSA) is 90.6 Å². The quantitative estimate of drug-likeness (QED) is 0.724. The van der Waals surface area contributed by atoms with Gasteiger partial charge in [-0.1, -0.05) is 0 Å². The van der Waals surface area contributed by atoms with Gasteiger partial charge < -0.3 is 14.5 Å². The summed E-state index contributed by atoms with van der Waals surface area (Å²) in [5, 5.41) is 8.94. The molecule has 4 heterocycles. The van der Waals surface area contributed by atoms with Crippen LogP contribution in [0.4, 0.5) is 4.39 Å². The van der Waals surface area contributed by atoms with Crippen molar-refractivity contribution in [3.05, 3.63) is 60.2 Å². The first-order valence-electron chi connectivity index (χ1n) is 8.67. The number of piperidine rings is 1. The van der Waals surface area contributed by atoms with Crippen LogP contribution in [-0.2, 0) is 0 Å². The highest BCUT2D eigenvalue weighted by Gasteiger charge is 2.26. The number of pyridine rings is 1. The second-order valence-corrected chi connectivity index (χ2v) is 6.54. The van der Waals surface area contributed by atoms with Crippen LogP contribution in [0.25, 0.3) is 11.4 Å². The van der Waals surface area contributed by atoms with Gasteiger partial charge in [0.05, 0.1) is 29.2 Å². The van der Waals surface area contributed by atoms with Gasteiger partial charge in [-0.05, 0) is 31.0 Å². The van der Waals surface area contributed by atoms with Gasteiger partial charge in [0.25, 0.3) is 5.91 Å². The summed E-state index contributed by atoms with van der Waals surface area (Å²) in [6.45, 7) is 1.22. The van der Waals surface area contributed by atoms with Crippen LogP contribution in [0.5, 0.6) is 0 Å². The Morgan fingerprint density at radius 3 is 3.00 bits per heavy atom. The van der Waals surface area contributed by atoms with Crippen LogP contribution in [0.3, 0.4) is 0 Å². The molecular formula is C19H17FN6O. The fraction of sp³-hybridized carbons (Fsp3) is 0.263. The molecule has 1 atom stereocenters. The van der Waals surface area contributed by atoms with Gasteiger partial charge in [-0.15, -0.1) is 0 Å². The third-order valence-electron chi connectivity index (χ3n) is 4.77. The highest BCUT2D eigenvalue weighted by atomic mass is 19.1. The number of H-pyrrole nitrogens is 1. The number of aromatic amines is 1. The van der Waals surface area contributed by atoms with Gasteiger partial charge in [0.1, 0.15) is 11.8 Å². The molecule has 1 fully saturated rings. The molecule has 7 nitrogen and oxygen atoms in total. The second kappa shape index (κ2) is 7.03. The molecule has 0 radical (unpaired) electrons. The molecule has 136 valence electrons. The Morgan fingerprint density at radius 2 is 2.26 bits per heavy atom. The Labute approximate surface area is 155 Å². The molecule has 0 aromatic carbocycles. The smallest absolute Gasteiger partial charge is 0.255 e. The Balaban J connectivity index is 1.49. The zero-order valence-electron chi connectivity index (χ0n) is 14.5. The van der Waals surface area contributed by atoms with Crippen LogP contribution in [0.1, 0.15) is 34.8 Å². The summed E-state index contributed by atoms with van der Waals surface area (Å²) >= 11 is 0. The van der Waals surface area contributed by atoms with Gasteiger partial charge in [0, 0.05) is 31.7 Å². The number of aromatic nitrogens is 4. The average molecular weight is 364 g/mol. The van der Waals surface area contributed by atoms with Crippen molar-refractivity contribution in [2.75, 3.05) is 13.1 Å². The summed E-state index contributed by atoms with van der Waals surface area (Å²) in [5.74, 6) is -0.742. The molecule has 1 aliphatic heterocycles. The van der Waals surface area contributed by atoms with E-state index in [0.29, 0.717) is 24.2 Å². The summed E-state index contributed by atoms with van der Waals surface area (Å²) < 4.78 is 15.0. The number of halogens is 1. The molecule has 0 spiro atoms. The monoisotopic (exact) mass is 364 g/mol. The summed E-state index contributed by atoms with van der Waals surface area (Å²) in [6.07, 6.45) is 8.40. The zero-order chi connectivity index (χ0) is 18.8. The van der Waals surface area contributed by atoms with E-state index in [9.17, 15) is 9.18 Å². The number of rotatable bonds is 3. The van der Waals surface area contributed by atoms with E-state index in [2.05, 4.69) is 21.0 Å². The summed E-state index contributed by atoms with van der Waals surface area (Å²) in [6, 6.07) is 6.61. The Bertz CT molecular complexity index is 1000. The van der Waals surface area contributed by atoms with Crippen LogP contribution < -0.4 is 0 Å². The number of nitrogens with zero attached hydrogens (tertiary/aromatic N) is 5. The zero-order valence-corrected chi connectivity index (χ0v) is 14.5. The lowest BCUT2D eigenvalue weighted by atomic mass is 10.0. The molecule has 4 rings (SSSR count). The molecule has 0 saturated carbocycles. The maximum Gasteiger partial charge on any atom is 0.255 e. The van der Waals surface area contributed by atoms with Crippen molar-refractivity contribution >= 4 is 5.91 Å². The van der Waals surface area contributed by atoms with Crippen LogP contribution >= 0.6 is 0 Å². The highest BCUT2D eigenvalue weighted by Crippen LogP contribution is 2.25. The van der Waals surface area contributed by atoms with Crippen LogP contribution in [0.15, 0.2) is 43.1 Å². The molecule has 1 saturated heterocycles. The van der Waals surface area contributed by atoms with Gasteiger partial charge in [0.15, 0.2) is 0 Å². The molecule has 0 aliphatic carbocycles. The summed E-state index contributed by atoms with van der Waals surface area (Å²) in [4.78, 5) is 25.4. The van der Waals surface area contributed by atoms with Crippen LogP contribution in [0, 0.1) is 17.3 Å². The van der Waals surface area contributed by atoms with E-state index in [4.69, 9.17) is 5.26 Å². The molecule has 1 aliphatic rings. The number of nitrogens with one attached hydrogen (secondary N) is 1. The van der Waals surface area contributed by atoms with Gasteiger partial charge in [-0.25, -0.2) is 9.97 Å². The molecule has 1 amide bonds. The number of likely N-dealkylation sites (tertiary alicyclic amines) is 1. The van der Waals surface area contributed by atoms with E-state index >= 15 is 0 Å². The number of carbonyl (C=O) groups is 1. The van der Waals surface area contributed by atoms with Crippen molar-refractivity contribution in [1.29, 1.82) is 5.26 Å². The van der Waals surface area contributed by atoms with E-state index in [-0.39, 0.29) is 11.9 Å². The maximum atomic E-state index is 13.0. The van der Waals surface area contributed by atoms with Crippen molar-refractivity contribution in [2.45, 2.75) is 18.9 Å². The SMILES string of the molecule is N#Cc1c[nH]c(-c2cn([C@H]3CCCN(C(=O)c4ccc(F)nc4)C3)cn2)c1. The van der Waals surface area contributed by atoms with Crippen molar-refractivity contribution in [2.24, 2.45) is 0 Å². The minimum Gasteiger partial charge on any atom is -0.359 e. The van der Waals surface area contributed by atoms with E-state index in [1.165, 1.54) is 18.3 Å². The molecule has 27 heavy (non-hydrogen) atoms. The van der Waals surface area contributed by atoms with E-state index in [0.717, 1.165) is 24.2 Å². The minimum atomic E-state index is -0.599. The summed E-state index contributed by atoms with van der Waals surface area (Å²) in [5.41, 5.74) is 2.48. The number of imidazole rings is 1. The molecule has 3 aromatic rings. The van der Waals surface area contributed by atoms with Crippen LogP contribution in [-0.4, -0.2) is 43.4 Å². The van der Waals surface area contributed by atoms with Gasteiger partial charge in [-0.3, -0.25) is 4.79 Å². The second-order valence-electron chi connectivity index (χ2n) is 6.54. The lowest BCUT2D eigenvalue weighted by Gasteiger charge is -2.33. The molecular weight excluding hydrogens is 347 g/mol. The first-order valence-corrected chi connectivity index (χ1v) is 8.67. The highest BCUT2D eigenvalue weighted by molar-refractivity contribution is 5.93. The third kappa shape index (κ3) is 3.44. The van der Waals surface area contributed by atoms with Crippen molar-refractivity contribution in [3.63, 3.8) is 0 Å². The molecule has 8 heteroatoms. The van der Waals surface area contributed by atoms with Crippen molar-refractivity contribution in [3.8, 4) is 17.5 Å². The van der Waals surface area contributed by atoms with Gasteiger partial charge in [0.2, 0.25) is 5.95 Å².